The summed E-state index contributed by atoms with van der Waals surface area (Å²) in [4.78, 5) is 0. The second-order valence-electron chi connectivity index (χ2n) is 4.64. The fourth-order valence-corrected chi connectivity index (χ4v) is 1.57. The fourth-order valence-electron chi connectivity index (χ4n) is 1.57. The summed E-state index contributed by atoms with van der Waals surface area (Å²) in [5.74, 6) is 0.685. The molecule has 0 heterocycles. The Morgan fingerprint density at radius 2 is 2.06 bits per heavy atom. The van der Waals surface area contributed by atoms with E-state index >= 15 is 0 Å². The standard InChI is InChI=1S/C14H20N2O2/c1-14(2,18-4)8-9-16-13-11(10-15)6-5-7-12(13)17-3/h5-7,16H,8-9H2,1-4H3. The molecule has 0 fully saturated rings. The predicted molar refractivity (Wildman–Crippen MR) is 71.9 cm³/mol. The molecule has 0 aliphatic carbocycles. The number of nitrogens with one attached hydrogen (secondary N) is 1. The zero-order chi connectivity index (χ0) is 13.6. The number of rotatable bonds is 6. The minimum absolute atomic E-state index is 0.179. The van der Waals surface area contributed by atoms with Crippen LogP contribution < -0.4 is 10.1 Å². The van der Waals surface area contributed by atoms with Gasteiger partial charge in [-0.25, -0.2) is 0 Å². The van der Waals surface area contributed by atoms with E-state index in [0.29, 0.717) is 11.3 Å². The highest BCUT2D eigenvalue weighted by Crippen LogP contribution is 2.28. The van der Waals surface area contributed by atoms with Crippen LogP contribution in [0.3, 0.4) is 0 Å². The zero-order valence-electron chi connectivity index (χ0n) is 11.4. The minimum Gasteiger partial charge on any atom is -0.495 e. The Kier molecular flexibility index (Phi) is 4.99. The van der Waals surface area contributed by atoms with Crippen molar-refractivity contribution in [3.63, 3.8) is 0 Å². The number of hydrogen-bond donors (Lipinski definition) is 1. The van der Waals surface area contributed by atoms with Gasteiger partial charge < -0.3 is 14.8 Å². The third kappa shape index (κ3) is 3.64. The summed E-state index contributed by atoms with van der Waals surface area (Å²) in [6.07, 6.45) is 0.840. The van der Waals surface area contributed by atoms with Crippen molar-refractivity contribution in [2.75, 3.05) is 26.1 Å². The fraction of sp³-hybridized carbons (Fsp3) is 0.500. The van der Waals surface area contributed by atoms with E-state index in [2.05, 4.69) is 11.4 Å². The van der Waals surface area contributed by atoms with Crippen LogP contribution in [0.25, 0.3) is 0 Å². The van der Waals surface area contributed by atoms with Crippen LogP contribution in [-0.4, -0.2) is 26.4 Å². The van der Waals surface area contributed by atoms with Gasteiger partial charge in [-0.3, -0.25) is 0 Å². The Hall–Kier alpha value is -1.73. The van der Waals surface area contributed by atoms with E-state index < -0.39 is 0 Å². The molecule has 0 saturated heterocycles. The number of nitrogens with zero attached hydrogens (tertiary/aromatic N) is 1. The molecule has 0 bridgehead atoms. The quantitative estimate of drug-likeness (QED) is 0.841. The van der Waals surface area contributed by atoms with Gasteiger partial charge in [0.2, 0.25) is 0 Å². The van der Waals surface area contributed by atoms with Gasteiger partial charge in [0.15, 0.2) is 0 Å². The lowest BCUT2D eigenvalue weighted by molar-refractivity contribution is 0.0185. The van der Waals surface area contributed by atoms with Crippen molar-refractivity contribution in [2.45, 2.75) is 25.9 Å². The zero-order valence-corrected chi connectivity index (χ0v) is 11.4. The number of para-hydroxylation sites is 1. The lowest BCUT2D eigenvalue weighted by Crippen LogP contribution is -2.26. The molecular weight excluding hydrogens is 228 g/mol. The van der Waals surface area contributed by atoms with E-state index in [-0.39, 0.29) is 5.60 Å². The highest BCUT2D eigenvalue weighted by molar-refractivity contribution is 5.66. The third-order valence-corrected chi connectivity index (χ3v) is 2.95. The van der Waals surface area contributed by atoms with Crippen LogP contribution in [0.4, 0.5) is 5.69 Å². The normalized spacial score (nSPS) is 10.8. The van der Waals surface area contributed by atoms with E-state index in [9.17, 15) is 0 Å². The van der Waals surface area contributed by atoms with Crippen LogP contribution in [0.1, 0.15) is 25.8 Å². The van der Waals surface area contributed by atoms with Crippen molar-refractivity contribution >= 4 is 5.69 Å². The van der Waals surface area contributed by atoms with Gasteiger partial charge in [-0.15, -0.1) is 0 Å². The largest absolute Gasteiger partial charge is 0.495 e. The van der Waals surface area contributed by atoms with Crippen LogP contribution in [0.5, 0.6) is 5.75 Å². The van der Waals surface area contributed by atoms with Crippen LogP contribution in [0.2, 0.25) is 0 Å². The number of methoxy groups -OCH3 is 2. The highest BCUT2D eigenvalue weighted by atomic mass is 16.5. The topological polar surface area (TPSA) is 54.3 Å². The first-order valence-corrected chi connectivity index (χ1v) is 5.90. The third-order valence-electron chi connectivity index (χ3n) is 2.95. The van der Waals surface area contributed by atoms with Crippen molar-refractivity contribution in [3.05, 3.63) is 23.8 Å². The Morgan fingerprint density at radius 3 is 2.61 bits per heavy atom. The molecule has 0 spiro atoms. The molecule has 0 aromatic heterocycles. The lowest BCUT2D eigenvalue weighted by atomic mass is 10.1. The second-order valence-corrected chi connectivity index (χ2v) is 4.64. The molecule has 0 amide bonds. The summed E-state index contributed by atoms with van der Waals surface area (Å²) in [7, 11) is 3.30. The number of hydrogen-bond acceptors (Lipinski definition) is 4. The van der Waals surface area contributed by atoms with Crippen LogP contribution in [-0.2, 0) is 4.74 Å². The van der Waals surface area contributed by atoms with Gasteiger partial charge in [-0.05, 0) is 32.4 Å². The molecule has 1 aromatic carbocycles. The average Bonchev–Trinajstić information content (AvgIpc) is 2.38. The maximum atomic E-state index is 9.07. The van der Waals surface area contributed by atoms with E-state index in [1.54, 1.807) is 20.3 Å². The predicted octanol–water partition coefficient (Wildman–Crippen LogP) is 2.79. The number of anilines is 1. The van der Waals surface area contributed by atoms with Gasteiger partial charge in [0, 0.05) is 13.7 Å². The van der Waals surface area contributed by atoms with Crippen molar-refractivity contribution < 1.29 is 9.47 Å². The van der Waals surface area contributed by atoms with E-state index in [4.69, 9.17) is 14.7 Å². The molecule has 0 radical (unpaired) electrons. The van der Waals surface area contributed by atoms with E-state index in [1.165, 1.54) is 0 Å². The second kappa shape index (κ2) is 6.27. The molecule has 0 aliphatic heterocycles. The maximum absolute atomic E-state index is 9.07. The number of ether oxygens (including phenoxy) is 2. The molecule has 4 heteroatoms. The maximum Gasteiger partial charge on any atom is 0.143 e. The van der Waals surface area contributed by atoms with E-state index in [0.717, 1.165) is 18.7 Å². The van der Waals surface area contributed by atoms with Crippen LogP contribution >= 0.6 is 0 Å². The number of benzene rings is 1. The Labute approximate surface area is 109 Å². The minimum atomic E-state index is -0.179. The SMILES string of the molecule is COc1cccc(C#N)c1NCCC(C)(C)OC. The first-order valence-electron chi connectivity index (χ1n) is 5.90. The summed E-state index contributed by atoms with van der Waals surface area (Å²) in [6.45, 7) is 4.78. The van der Waals surface area contributed by atoms with Crippen molar-refractivity contribution in [1.29, 1.82) is 5.26 Å². The Balaban J connectivity index is 2.75. The van der Waals surface area contributed by atoms with Crippen molar-refractivity contribution in [1.82, 2.24) is 0 Å². The van der Waals surface area contributed by atoms with Gasteiger partial charge >= 0.3 is 0 Å². The average molecular weight is 248 g/mol. The lowest BCUT2D eigenvalue weighted by Gasteiger charge is -2.23. The van der Waals surface area contributed by atoms with Crippen molar-refractivity contribution in [3.8, 4) is 11.8 Å². The first kappa shape index (κ1) is 14.3. The summed E-state index contributed by atoms with van der Waals surface area (Å²) in [5, 5.41) is 12.3. The summed E-state index contributed by atoms with van der Waals surface area (Å²) < 4.78 is 10.6. The monoisotopic (exact) mass is 248 g/mol. The molecule has 18 heavy (non-hydrogen) atoms. The molecule has 0 atom stereocenters. The van der Waals surface area contributed by atoms with Crippen LogP contribution in [0.15, 0.2) is 18.2 Å². The molecule has 0 saturated carbocycles. The highest BCUT2D eigenvalue weighted by Gasteiger charge is 2.16. The first-order chi connectivity index (χ1) is 8.54. The molecule has 0 aliphatic rings. The Bertz CT molecular complexity index is 436. The Morgan fingerprint density at radius 1 is 1.33 bits per heavy atom. The van der Waals surface area contributed by atoms with Gasteiger partial charge in [-0.1, -0.05) is 6.07 Å². The molecule has 1 N–H and O–H groups in total. The number of nitriles is 1. The smallest absolute Gasteiger partial charge is 0.143 e. The molecule has 0 unspecified atom stereocenters. The van der Waals surface area contributed by atoms with Gasteiger partial charge in [0.25, 0.3) is 0 Å². The molecular formula is C14H20N2O2. The van der Waals surface area contributed by atoms with Gasteiger partial charge in [0.1, 0.15) is 11.8 Å². The summed E-state index contributed by atoms with van der Waals surface area (Å²) in [5.41, 5.74) is 1.15. The van der Waals surface area contributed by atoms with Gasteiger partial charge in [0.05, 0.1) is 24.0 Å². The molecule has 1 aromatic rings. The molecule has 98 valence electrons. The van der Waals surface area contributed by atoms with Gasteiger partial charge in [-0.2, -0.15) is 5.26 Å². The van der Waals surface area contributed by atoms with Crippen LogP contribution in [0, 0.1) is 11.3 Å². The van der Waals surface area contributed by atoms with E-state index in [1.807, 2.05) is 26.0 Å². The summed E-state index contributed by atoms with van der Waals surface area (Å²) in [6, 6.07) is 7.57. The molecule has 4 nitrogen and oxygen atoms in total. The summed E-state index contributed by atoms with van der Waals surface area (Å²) >= 11 is 0. The molecule has 1 rings (SSSR count). The van der Waals surface area contributed by atoms with Crippen molar-refractivity contribution in [2.24, 2.45) is 0 Å².